The van der Waals surface area contributed by atoms with Gasteiger partial charge in [-0.2, -0.15) is 4.39 Å². The van der Waals surface area contributed by atoms with E-state index in [1.807, 2.05) is 6.07 Å². The number of hydrogen-bond donors (Lipinski definition) is 0. The lowest BCUT2D eigenvalue weighted by molar-refractivity contribution is 0.486. The number of rotatable bonds is 2. The molecule has 1 unspecified atom stereocenters. The number of hydrogen-bond acceptors (Lipinski definition) is 2. The van der Waals surface area contributed by atoms with Gasteiger partial charge in [-0.1, -0.05) is 19.9 Å². The van der Waals surface area contributed by atoms with Crippen molar-refractivity contribution in [3.8, 4) is 0 Å². The van der Waals surface area contributed by atoms with Gasteiger partial charge >= 0.3 is 0 Å². The van der Waals surface area contributed by atoms with E-state index < -0.39 is 0 Å². The summed E-state index contributed by atoms with van der Waals surface area (Å²) in [6.07, 6.45) is 2.37. The van der Waals surface area contributed by atoms with Gasteiger partial charge in [-0.25, -0.2) is 4.98 Å². The highest BCUT2D eigenvalue weighted by Gasteiger charge is 2.27. The van der Waals surface area contributed by atoms with Gasteiger partial charge in [0, 0.05) is 12.6 Å². The van der Waals surface area contributed by atoms with Gasteiger partial charge in [-0.15, -0.1) is 0 Å². The minimum absolute atomic E-state index is 0.387. The molecule has 0 N–H and O–H groups in total. The lowest BCUT2D eigenvalue weighted by atomic mass is 10.0. The van der Waals surface area contributed by atoms with Gasteiger partial charge in [-0.05, 0) is 30.9 Å². The third kappa shape index (κ3) is 2.11. The highest BCUT2D eigenvalue weighted by molar-refractivity contribution is 5.40. The molecule has 1 aromatic rings. The molecule has 0 aliphatic carbocycles. The quantitative estimate of drug-likeness (QED) is 0.695. The van der Waals surface area contributed by atoms with E-state index in [0.717, 1.165) is 12.4 Å². The van der Waals surface area contributed by atoms with Crippen molar-refractivity contribution < 1.29 is 4.39 Å². The summed E-state index contributed by atoms with van der Waals surface area (Å²) < 4.78 is 13.0. The van der Waals surface area contributed by atoms with E-state index in [2.05, 4.69) is 23.7 Å². The summed E-state index contributed by atoms with van der Waals surface area (Å²) in [7, 11) is 0. The first-order valence-corrected chi connectivity index (χ1v) is 5.57. The smallest absolute Gasteiger partial charge is 0.214 e. The first-order chi connectivity index (χ1) is 7.18. The van der Waals surface area contributed by atoms with Gasteiger partial charge in [0.2, 0.25) is 5.95 Å². The Morgan fingerprint density at radius 3 is 2.93 bits per heavy atom. The van der Waals surface area contributed by atoms with Crippen LogP contribution in [0.25, 0.3) is 0 Å². The molecule has 0 radical (unpaired) electrons. The van der Waals surface area contributed by atoms with E-state index in [4.69, 9.17) is 0 Å². The number of anilines is 1. The fourth-order valence-corrected chi connectivity index (χ4v) is 2.33. The predicted molar refractivity (Wildman–Crippen MR) is 59.4 cm³/mol. The van der Waals surface area contributed by atoms with Gasteiger partial charge in [0.05, 0.1) is 0 Å². The molecular weight excluding hydrogens is 191 g/mol. The minimum Gasteiger partial charge on any atom is -0.353 e. The van der Waals surface area contributed by atoms with Crippen molar-refractivity contribution in [2.24, 2.45) is 5.92 Å². The van der Waals surface area contributed by atoms with Crippen molar-refractivity contribution in [3.05, 3.63) is 24.1 Å². The molecule has 0 aromatic carbocycles. The highest BCUT2D eigenvalue weighted by Crippen LogP contribution is 2.28. The van der Waals surface area contributed by atoms with E-state index in [-0.39, 0.29) is 5.95 Å². The monoisotopic (exact) mass is 208 g/mol. The van der Waals surface area contributed by atoms with Gasteiger partial charge in [-0.3, -0.25) is 0 Å². The van der Waals surface area contributed by atoms with Crippen LogP contribution in [-0.2, 0) is 0 Å². The largest absolute Gasteiger partial charge is 0.353 e. The molecule has 0 spiro atoms. The summed E-state index contributed by atoms with van der Waals surface area (Å²) in [5, 5.41) is 0. The molecule has 1 aliphatic rings. The van der Waals surface area contributed by atoms with Crippen molar-refractivity contribution in [2.45, 2.75) is 32.7 Å². The standard InChI is InChI=1S/C12H17FN2/c1-9(2)10-5-4-8-15(10)12-7-3-6-11(13)14-12/h3,6-7,9-10H,4-5,8H2,1-2H3. The summed E-state index contributed by atoms with van der Waals surface area (Å²) in [6.45, 7) is 5.42. The van der Waals surface area contributed by atoms with Crippen LogP contribution in [0.15, 0.2) is 18.2 Å². The first-order valence-electron chi connectivity index (χ1n) is 5.57. The molecule has 2 nitrogen and oxygen atoms in total. The average molecular weight is 208 g/mol. The van der Waals surface area contributed by atoms with Gasteiger partial charge in [0.1, 0.15) is 5.82 Å². The lowest BCUT2D eigenvalue weighted by Gasteiger charge is -2.28. The Labute approximate surface area is 90.1 Å². The number of nitrogens with zero attached hydrogens (tertiary/aromatic N) is 2. The van der Waals surface area contributed by atoms with Crippen molar-refractivity contribution in [1.29, 1.82) is 0 Å². The van der Waals surface area contributed by atoms with Crippen LogP contribution in [0.3, 0.4) is 0 Å². The Morgan fingerprint density at radius 2 is 2.27 bits per heavy atom. The van der Waals surface area contributed by atoms with Crippen LogP contribution in [0.2, 0.25) is 0 Å². The van der Waals surface area contributed by atoms with Crippen LogP contribution in [0.5, 0.6) is 0 Å². The van der Waals surface area contributed by atoms with Gasteiger partial charge in [0.25, 0.3) is 0 Å². The molecule has 0 amide bonds. The molecule has 3 heteroatoms. The Kier molecular flexibility index (Phi) is 2.89. The fraction of sp³-hybridized carbons (Fsp3) is 0.583. The second-order valence-corrected chi connectivity index (χ2v) is 4.47. The molecule has 2 heterocycles. The summed E-state index contributed by atoms with van der Waals surface area (Å²) in [5.41, 5.74) is 0. The van der Waals surface area contributed by atoms with E-state index >= 15 is 0 Å². The maximum atomic E-state index is 13.0. The van der Waals surface area contributed by atoms with Crippen LogP contribution < -0.4 is 4.90 Å². The SMILES string of the molecule is CC(C)C1CCCN1c1cccc(F)n1. The predicted octanol–water partition coefficient (Wildman–Crippen LogP) is 2.85. The maximum absolute atomic E-state index is 13.0. The summed E-state index contributed by atoms with van der Waals surface area (Å²) in [5.74, 6) is 0.991. The third-order valence-electron chi connectivity index (χ3n) is 3.06. The number of pyridine rings is 1. The van der Waals surface area contributed by atoms with Crippen molar-refractivity contribution in [1.82, 2.24) is 4.98 Å². The van der Waals surface area contributed by atoms with E-state index in [1.54, 1.807) is 6.07 Å². The summed E-state index contributed by atoms with van der Waals surface area (Å²) in [4.78, 5) is 6.18. The van der Waals surface area contributed by atoms with Crippen LogP contribution in [0, 0.1) is 11.9 Å². The van der Waals surface area contributed by atoms with Crippen LogP contribution in [0.1, 0.15) is 26.7 Å². The van der Waals surface area contributed by atoms with Crippen LogP contribution in [0.4, 0.5) is 10.2 Å². The van der Waals surface area contributed by atoms with E-state index in [1.165, 1.54) is 18.9 Å². The van der Waals surface area contributed by atoms with Crippen molar-refractivity contribution in [2.75, 3.05) is 11.4 Å². The van der Waals surface area contributed by atoms with Crippen molar-refractivity contribution >= 4 is 5.82 Å². The maximum Gasteiger partial charge on any atom is 0.214 e. The Morgan fingerprint density at radius 1 is 1.47 bits per heavy atom. The summed E-state index contributed by atoms with van der Waals surface area (Å²) >= 11 is 0. The molecular formula is C12H17FN2. The Bertz CT molecular complexity index is 338. The summed E-state index contributed by atoms with van der Waals surface area (Å²) in [6, 6.07) is 5.53. The second-order valence-electron chi connectivity index (χ2n) is 4.47. The lowest BCUT2D eigenvalue weighted by Crippen LogP contribution is -2.34. The Hall–Kier alpha value is -1.12. The normalized spacial score (nSPS) is 21.3. The third-order valence-corrected chi connectivity index (χ3v) is 3.06. The van der Waals surface area contributed by atoms with Crippen LogP contribution >= 0.6 is 0 Å². The van der Waals surface area contributed by atoms with E-state index in [0.29, 0.717) is 12.0 Å². The minimum atomic E-state index is -0.387. The Balaban J connectivity index is 2.22. The highest BCUT2D eigenvalue weighted by atomic mass is 19.1. The number of aromatic nitrogens is 1. The first kappa shape index (κ1) is 10.4. The molecule has 15 heavy (non-hydrogen) atoms. The molecule has 1 fully saturated rings. The molecule has 1 atom stereocenters. The zero-order valence-electron chi connectivity index (χ0n) is 9.28. The zero-order chi connectivity index (χ0) is 10.8. The number of halogens is 1. The molecule has 1 aromatic heterocycles. The molecule has 0 bridgehead atoms. The molecule has 82 valence electrons. The molecule has 0 saturated carbocycles. The average Bonchev–Trinajstić information content (AvgIpc) is 2.65. The molecule has 2 rings (SSSR count). The van der Waals surface area contributed by atoms with Gasteiger partial charge in [0.15, 0.2) is 0 Å². The van der Waals surface area contributed by atoms with Crippen LogP contribution in [-0.4, -0.2) is 17.6 Å². The van der Waals surface area contributed by atoms with E-state index in [9.17, 15) is 4.39 Å². The topological polar surface area (TPSA) is 16.1 Å². The van der Waals surface area contributed by atoms with Crippen molar-refractivity contribution in [3.63, 3.8) is 0 Å². The zero-order valence-corrected chi connectivity index (χ0v) is 9.28. The van der Waals surface area contributed by atoms with Gasteiger partial charge < -0.3 is 4.90 Å². The second kappa shape index (κ2) is 4.17. The molecule has 1 aliphatic heterocycles. The molecule has 1 saturated heterocycles. The fourth-order valence-electron chi connectivity index (χ4n) is 2.33.